The largest absolute Gasteiger partial charge is 0.475 e. The van der Waals surface area contributed by atoms with Gasteiger partial charge in [0.05, 0.1) is 12.3 Å². The highest BCUT2D eigenvalue weighted by Crippen LogP contribution is 2.24. The van der Waals surface area contributed by atoms with Gasteiger partial charge in [-0.2, -0.15) is 4.98 Å². The zero-order chi connectivity index (χ0) is 16.1. The minimum Gasteiger partial charge on any atom is -0.475 e. The van der Waals surface area contributed by atoms with Crippen molar-refractivity contribution in [3.05, 3.63) is 46.7 Å². The zero-order valence-electron chi connectivity index (χ0n) is 11.9. The second kappa shape index (κ2) is 7.09. The third-order valence-electron chi connectivity index (χ3n) is 2.81. The first-order valence-electron chi connectivity index (χ1n) is 6.56. The maximum Gasteiger partial charge on any atom is 0.252 e. The fourth-order valence-corrected chi connectivity index (χ4v) is 1.90. The number of nitrogens with zero attached hydrogens (tertiary/aromatic N) is 1. The van der Waals surface area contributed by atoms with Gasteiger partial charge in [-0.05, 0) is 17.7 Å². The number of nitrogens with two attached hydrogens (primary N) is 1. The minimum atomic E-state index is -0.678. The van der Waals surface area contributed by atoms with E-state index in [0.29, 0.717) is 11.4 Å². The number of pyridine rings is 1. The third-order valence-corrected chi connectivity index (χ3v) is 3.06. The summed E-state index contributed by atoms with van der Waals surface area (Å²) in [6, 6.07) is 8.33. The van der Waals surface area contributed by atoms with Crippen LogP contribution in [0.2, 0.25) is 5.02 Å². The number of hydrogen-bond acceptors (Lipinski definition) is 4. The molecule has 0 fully saturated rings. The van der Waals surface area contributed by atoms with Crippen molar-refractivity contribution in [3.63, 3.8) is 0 Å². The molecule has 3 N–H and O–H groups in total. The molecule has 0 radical (unpaired) electrons. The molecule has 2 aromatic rings. The number of amides is 1. The molecule has 0 spiro atoms. The van der Waals surface area contributed by atoms with Gasteiger partial charge in [0.2, 0.25) is 5.91 Å². The van der Waals surface area contributed by atoms with Crippen LogP contribution in [0.25, 0.3) is 0 Å². The Kier molecular flexibility index (Phi) is 5.16. The molecule has 0 saturated heterocycles. The molecule has 0 saturated carbocycles. The summed E-state index contributed by atoms with van der Waals surface area (Å²) in [5.41, 5.74) is 6.63. The van der Waals surface area contributed by atoms with Gasteiger partial charge in [-0.15, -0.1) is 0 Å². The lowest BCUT2D eigenvalue weighted by atomic mass is 10.2. The molecule has 1 aromatic carbocycles. The highest BCUT2D eigenvalue weighted by molar-refractivity contribution is 6.30. The molecule has 0 aliphatic carbocycles. The highest BCUT2D eigenvalue weighted by Gasteiger charge is 2.12. The summed E-state index contributed by atoms with van der Waals surface area (Å²) in [5.74, 6) is -1.15. The van der Waals surface area contributed by atoms with E-state index in [0.717, 1.165) is 11.6 Å². The van der Waals surface area contributed by atoms with Gasteiger partial charge in [0.1, 0.15) is 0 Å². The molecule has 2 rings (SSSR count). The predicted octanol–water partition coefficient (Wildman–Crippen LogP) is 3.04. The number of carbonyl (C=O) groups excluding carboxylic acids is 1. The van der Waals surface area contributed by atoms with Gasteiger partial charge >= 0.3 is 0 Å². The predicted molar refractivity (Wildman–Crippen MR) is 83.6 cm³/mol. The molecule has 0 unspecified atom stereocenters. The van der Waals surface area contributed by atoms with E-state index < -0.39 is 5.82 Å². The SMILES string of the molecule is CC(=O)Nc1nc(OCCc2ccc(Cl)cc2)c(F)cc1N. The Labute approximate surface area is 132 Å². The fourth-order valence-electron chi connectivity index (χ4n) is 1.77. The summed E-state index contributed by atoms with van der Waals surface area (Å²) in [6.07, 6.45) is 0.568. The van der Waals surface area contributed by atoms with Crippen molar-refractivity contribution in [1.82, 2.24) is 4.98 Å². The topological polar surface area (TPSA) is 77.2 Å². The fraction of sp³-hybridized carbons (Fsp3) is 0.200. The molecule has 0 aliphatic heterocycles. The molecule has 0 bridgehead atoms. The van der Waals surface area contributed by atoms with Gasteiger partial charge in [0.25, 0.3) is 5.88 Å². The lowest BCUT2D eigenvalue weighted by molar-refractivity contribution is -0.114. The van der Waals surface area contributed by atoms with Crippen LogP contribution in [-0.4, -0.2) is 17.5 Å². The maximum absolute atomic E-state index is 13.7. The Morgan fingerprint density at radius 2 is 2.09 bits per heavy atom. The van der Waals surface area contributed by atoms with Crippen LogP contribution >= 0.6 is 11.6 Å². The molecule has 1 amide bonds. The third kappa shape index (κ3) is 4.33. The van der Waals surface area contributed by atoms with Crippen molar-refractivity contribution in [3.8, 4) is 5.88 Å². The number of nitrogens with one attached hydrogen (secondary N) is 1. The maximum atomic E-state index is 13.7. The number of nitrogen functional groups attached to an aromatic ring is 1. The number of ether oxygens (including phenoxy) is 1. The summed E-state index contributed by atoms with van der Waals surface area (Å²) >= 11 is 5.80. The van der Waals surface area contributed by atoms with Crippen LogP contribution < -0.4 is 15.8 Å². The Bertz CT molecular complexity index is 677. The van der Waals surface area contributed by atoms with Crippen LogP contribution in [0.1, 0.15) is 12.5 Å². The molecule has 0 atom stereocenters. The van der Waals surface area contributed by atoms with Crippen LogP contribution in [0.4, 0.5) is 15.9 Å². The first-order chi connectivity index (χ1) is 10.5. The standard InChI is InChI=1S/C15H15ClFN3O2/c1-9(21)19-14-13(18)8-12(17)15(20-14)22-7-6-10-2-4-11(16)5-3-10/h2-5,8H,6-7,18H2,1H3,(H,19,20,21). The van der Waals surface area contributed by atoms with Gasteiger partial charge in [-0.25, -0.2) is 4.39 Å². The lowest BCUT2D eigenvalue weighted by Gasteiger charge is -2.10. The van der Waals surface area contributed by atoms with E-state index >= 15 is 0 Å². The Balaban J connectivity index is 2.02. The summed E-state index contributed by atoms with van der Waals surface area (Å²) < 4.78 is 19.1. The smallest absolute Gasteiger partial charge is 0.252 e. The van der Waals surface area contributed by atoms with Crippen molar-refractivity contribution in [1.29, 1.82) is 0 Å². The molecule has 5 nitrogen and oxygen atoms in total. The Hall–Kier alpha value is -2.34. The molecule has 0 aliphatic rings. The van der Waals surface area contributed by atoms with Gasteiger partial charge in [-0.3, -0.25) is 4.79 Å². The van der Waals surface area contributed by atoms with E-state index in [2.05, 4.69) is 10.3 Å². The molecule has 7 heteroatoms. The second-order valence-electron chi connectivity index (χ2n) is 4.62. The van der Waals surface area contributed by atoms with Crippen molar-refractivity contribution < 1.29 is 13.9 Å². The second-order valence-corrected chi connectivity index (χ2v) is 5.06. The normalized spacial score (nSPS) is 10.3. The Morgan fingerprint density at radius 1 is 1.41 bits per heavy atom. The van der Waals surface area contributed by atoms with Gasteiger partial charge in [0.15, 0.2) is 11.6 Å². The average Bonchev–Trinajstić information content (AvgIpc) is 2.45. The molecular formula is C15H15ClFN3O2. The van der Waals surface area contributed by atoms with Crippen LogP contribution in [0.5, 0.6) is 5.88 Å². The summed E-state index contributed by atoms with van der Waals surface area (Å²) in [6.45, 7) is 1.54. The Morgan fingerprint density at radius 3 is 2.73 bits per heavy atom. The molecular weight excluding hydrogens is 309 g/mol. The summed E-state index contributed by atoms with van der Waals surface area (Å²) in [7, 11) is 0. The molecule has 1 heterocycles. The monoisotopic (exact) mass is 323 g/mol. The van der Waals surface area contributed by atoms with Gasteiger partial charge in [-0.1, -0.05) is 23.7 Å². The van der Waals surface area contributed by atoms with Crippen LogP contribution in [0.15, 0.2) is 30.3 Å². The molecule has 1 aromatic heterocycles. The zero-order valence-corrected chi connectivity index (χ0v) is 12.7. The number of aromatic nitrogens is 1. The van der Waals surface area contributed by atoms with Crippen molar-refractivity contribution in [2.45, 2.75) is 13.3 Å². The van der Waals surface area contributed by atoms with Crippen LogP contribution in [0.3, 0.4) is 0 Å². The average molecular weight is 324 g/mol. The van der Waals surface area contributed by atoms with E-state index in [1.165, 1.54) is 6.92 Å². The summed E-state index contributed by atoms with van der Waals surface area (Å²) in [4.78, 5) is 14.9. The number of benzene rings is 1. The van der Waals surface area contributed by atoms with Gasteiger partial charge < -0.3 is 15.8 Å². The number of halogens is 2. The molecule has 22 heavy (non-hydrogen) atoms. The number of rotatable bonds is 5. The van der Waals surface area contributed by atoms with Crippen molar-refractivity contribution in [2.24, 2.45) is 0 Å². The quantitative estimate of drug-likeness (QED) is 0.886. The van der Waals surface area contributed by atoms with E-state index in [1.807, 2.05) is 12.1 Å². The minimum absolute atomic E-state index is 0.0396. The van der Waals surface area contributed by atoms with Crippen molar-refractivity contribution in [2.75, 3.05) is 17.7 Å². The first kappa shape index (κ1) is 16.0. The highest BCUT2D eigenvalue weighted by atomic mass is 35.5. The molecule has 116 valence electrons. The van der Waals surface area contributed by atoms with E-state index in [9.17, 15) is 9.18 Å². The van der Waals surface area contributed by atoms with E-state index in [-0.39, 0.29) is 29.9 Å². The lowest BCUT2D eigenvalue weighted by Crippen LogP contribution is -2.12. The number of carbonyl (C=O) groups is 1. The first-order valence-corrected chi connectivity index (χ1v) is 6.94. The van der Waals surface area contributed by atoms with Crippen molar-refractivity contribution >= 4 is 29.0 Å². The number of anilines is 2. The summed E-state index contributed by atoms with van der Waals surface area (Å²) in [5, 5.41) is 3.07. The number of hydrogen-bond donors (Lipinski definition) is 2. The van der Waals surface area contributed by atoms with Crippen LogP contribution in [-0.2, 0) is 11.2 Å². The van der Waals surface area contributed by atoms with E-state index in [4.69, 9.17) is 22.1 Å². The van der Waals surface area contributed by atoms with E-state index in [1.54, 1.807) is 12.1 Å². The van der Waals surface area contributed by atoms with Gasteiger partial charge in [0, 0.05) is 24.4 Å². The van der Waals surface area contributed by atoms with Crippen LogP contribution in [0, 0.1) is 5.82 Å².